The Balaban J connectivity index is 1.58. The zero-order valence-corrected chi connectivity index (χ0v) is 12.3. The van der Waals surface area contributed by atoms with E-state index in [0.717, 1.165) is 11.4 Å². The van der Waals surface area contributed by atoms with E-state index >= 15 is 0 Å². The molecule has 1 aromatic carbocycles. The van der Waals surface area contributed by atoms with Gasteiger partial charge in [0.05, 0.1) is 20.3 Å². The van der Waals surface area contributed by atoms with E-state index in [9.17, 15) is 4.79 Å². The minimum Gasteiger partial charge on any atom is -0.497 e. The molecule has 1 heterocycles. The largest absolute Gasteiger partial charge is 0.497 e. The van der Waals surface area contributed by atoms with Crippen LogP contribution >= 0.6 is 0 Å². The predicted molar refractivity (Wildman–Crippen MR) is 78.5 cm³/mol. The van der Waals surface area contributed by atoms with Gasteiger partial charge in [-0.05, 0) is 24.3 Å². The molecular weight excluding hydrogens is 270 g/mol. The second-order valence-electron chi connectivity index (χ2n) is 5.58. The summed E-state index contributed by atoms with van der Waals surface area (Å²) >= 11 is 0. The summed E-state index contributed by atoms with van der Waals surface area (Å²) in [5.74, 6) is 0.542. The molecule has 1 spiro atoms. The quantitative estimate of drug-likeness (QED) is 0.922. The molecule has 21 heavy (non-hydrogen) atoms. The van der Waals surface area contributed by atoms with Gasteiger partial charge < -0.3 is 19.5 Å². The first-order valence-corrected chi connectivity index (χ1v) is 7.39. The van der Waals surface area contributed by atoms with Gasteiger partial charge in [0.1, 0.15) is 11.5 Å². The number of Topliss-reactive ketones (excluding diaryl/α,β-unsaturated/α-hetero) is 1. The standard InChI is InChI=1S/C16H21NO4/c1-19-14-4-2-13(3-5-14)17-11-12-10-16(7-6-15(12)18)20-8-9-21-16/h2-5,12,17H,6-11H2,1H3/t12-/m0/s1. The molecule has 5 heteroatoms. The first-order valence-electron chi connectivity index (χ1n) is 7.39. The molecule has 2 fully saturated rings. The number of anilines is 1. The second kappa shape index (κ2) is 6.03. The summed E-state index contributed by atoms with van der Waals surface area (Å²) in [5.41, 5.74) is 0.983. The summed E-state index contributed by atoms with van der Waals surface area (Å²) in [6.07, 6.45) is 1.87. The Morgan fingerprint density at radius 3 is 2.67 bits per heavy atom. The number of hydrogen-bond acceptors (Lipinski definition) is 5. The maximum atomic E-state index is 12.1. The molecule has 1 aliphatic heterocycles. The zero-order valence-electron chi connectivity index (χ0n) is 12.3. The molecule has 0 amide bonds. The van der Waals surface area contributed by atoms with E-state index in [1.807, 2.05) is 24.3 Å². The fourth-order valence-corrected chi connectivity index (χ4v) is 3.00. The van der Waals surface area contributed by atoms with E-state index in [2.05, 4.69) is 5.32 Å². The normalized spacial score (nSPS) is 24.2. The number of methoxy groups -OCH3 is 1. The first-order chi connectivity index (χ1) is 10.2. The van der Waals surface area contributed by atoms with E-state index in [-0.39, 0.29) is 5.92 Å². The van der Waals surface area contributed by atoms with Crippen LogP contribution < -0.4 is 10.1 Å². The van der Waals surface area contributed by atoms with Gasteiger partial charge in [-0.1, -0.05) is 0 Å². The molecule has 5 nitrogen and oxygen atoms in total. The van der Waals surface area contributed by atoms with Crippen LogP contribution in [0, 0.1) is 5.92 Å². The lowest BCUT2D eigenvalue weighted by molar-refractivity contribution is -0.188. The maximum absolute atomic E-state index is 12.1. The number of hydrogen-bond donors (Lipinski definition) is 1. The summed E-state index contributed by atoms with van der Waals surface area (Å²) in [7, 11) is 1.64. The Bertz CT molecular complexity index is 494. The highest BCUT2D eigenvalue weighted by molar-refractivity contribution is 5.82. The molecule has 3 rings (SSSR count). The summed E-state index contributed by atoms with van der Waals surface area (Å²) in [4.78, 5) is 12.1. The minimum atomic E-state index is -0.514. The number of carbonyl (C=O) groups excluding carboxylic acids is 1. The summed E-state index contributed by atoms with van der Waals surface area (Å²) in [6, 6.07) is 7.69. The van der Waals surface area contributed by atoms with Crippen LogP contribution in [0.4, 0.5) is 5.69 Å². The molecule has 1 saturated carbocycles. The van der Waals surface area contributed by atoms with E-state index in [1.54, 1.807) is 7.11 Å². The maximum Gasteiger partial charge on any atom is 0.169 e. The number of rotatable bonds is 4. The van der Waals surface area contributed by atoms with Crippen molar-refractivity contribution in [3.63, 3.8) is 0 Å². The van der Waals surface area contributed by atoms with Crippen molar-refractivity contribution < 1.29 is 19.0 Å². The van der Waals surface area contributed by atoms with Gasteiger partial charge in [-0.2, -0.15) is 0 Å². The fourth-order valence-electron chi connectivity index (χ4n) is 3.00. The minimum absolute atomic E-state index is 0.0565. The lowest BCUT2D eigenvalue weighted by Crippen LogP contribution is -2.42. The van der Waals surface area contributed by atoms with Crippen molar-refractivity contribution in [1.82, 2.24) is 0 Å². The fraction of sp³-hybridized carbons (Fsp3) is 0.562. The van der Waals surface area contributed by atoms with Crippen LogP contribution in [0.3, 0.4) is 0 Å². The van der Waals surface area contributed by atoms with Crippen molar-refractivity contribution in [1.29, 1.82) is 0 Å². The number of carbonyl (C=O) groups is 1. The summed E-state index contributed by atoms with van der Waals surface area (Å²) < 4.78 is 16.6. The number of ether oxygens (including phenoxy) is 3. The number of nitrogens with one attached hydrogen (secondary N) is 1. The molecule has 114 valence electrons. The van der Waals surface area contributed by atoms with Crippen molar-refractivity contribution in [2.24, 2.45) is 5.92 Å². The van der Waals surface area contributed by atoms with Crippen molar-refractivity contribution in [3.05, 3.63) is 24.3 Å². The van der Waals surface area contributed by atoms with Crippen LogP contribution in [0.1, 0.15) is 19.3 Å². The molecule has 1 aromatic rings. The molecule has 1 N–H and O–H groups in total. The van der Waals surface area contributed by atoms with Crippen molar-refractivity contribution in [2.45, 2.75) is 25.0 Å². The molecule has 0 unspecified atom stereocenters. The molecule has 2 aliphatic rings. The number of ketones is 1. The zero-order chi connectivity index (χ0) is 14.7. The van der Waals surface area contributed by atoms with Gasteiger partial charge in [0, 0.05) is 37.4 Å². The molecule has 0 radical (unpaired) electrons. The van der Waals surface area contributed by atoms with Gasteiger partial charge in [0.15, 0.2) is 5.79 Å². The summed E-state index contributed by atoms with van der Waals surface area (Å²) in [6.45, 7) is 1.87. The van der Waals surface area contributed by atoms with E-state index in [0.29, 0.717) is 44.8 Å². The van der Waals surface area contributed by atoms with Crippen LogP contribution in [0.25, 0.3) is 0 Å². The Morgan fingerprint density at radius 2 is 2.00 bits per heavy atom. The van der Waals surface area contributed by atoms with Crippen LogP contribution in [0.15, 0.2) is 24.3 Å². The van der Waals surface area contributed by atoms with Gasteiger partial charge in [-0.15, -0.1) is 0 Å². The highest BCUT2D eigenvalue weighted by Crippen LogP contribution is 2.37. The first kappa shape index (κ1) is 14.4. The average molecular weight is 291 g/mol. The molecule has 1 aliphatic carbocycles. The van der Waals surface area contributed by atoms with Gasteiger partial charge in [-0.3, -0.25) is 4.79 Å². The van der Waals surface area contributed by atoms with Gasteiger partial charge >= 0.3 is 0 Å². The van der Waals surface area contributed by atoms with Gasteiger partial charge in [0.25, 0.3) is 0 Å². The smallest absolute Gasteiger partial charge is 0.169 e. The third kappa shape index (κ3) is 3.19. The van der Waals surface area contributed by atoms with Crippen LogP contribution in [0.5, 0.6) is 5.75 Å². The third-order valence-electron chi connectivity index (χ3n) is 4.22. The Labute approximate surface area is 124 Å². The van der Waals surface area contributed by atoms with E-state index < -0.39 is 5.79 Å². The number of benzene rings is 1. The van der Waals surface area contributed by atoms with Crippen LogP contribution in [-0.4, -0.2) is 38.4 Å². The lowest BCUT2D eigenvalue weighted by Gasteiger charge is -2.35. The summed E-state index contributed by atoms with van der Waals surface area (Å²) in [5, 5.41) is 3.31. The highest BCUT2D eigenvalue weighted by Gasteiger charge is 2.44. The molecule has 1 atom stereocenters. The van der Waals surface area contributed by atoms with E-state index in [1.165, 1.54) is 0 Å². The Kier molecular flexibility index (Phi) is 4.12. The lowest BCUT2D eigenvalue weighted by atomic mass is 9.83. The molecular formula is C16H21NO4. The van der Waals surface area contributed by atoms with Gasteiger partial charge in [-0.25, -0.2) is 0 Å². The SMILES string of the molecule is COc1ccc(NC[C@@H]2CC3(CCC2=O)OCCO3)cc1. The van der Waals surface area contributed by atoms with E-state index in [4.69, 9.17) is 14.2 Å². The highest BCUT2D eigenvalue weighted by atomic mass is 16.7. The topological polar surface area (TPSA) is 56.8 Å². The second-order valence-corrected chi connectivity index (χ2v) is 5.58. The molecule has 0 aromatic heterocycles. The van der Waals surface area contributed by atoms with Crippen molar-refractivity contribution in [2.75, 3.05) is 32.2 Å². The Morgan fingerprint density at radius 1 is 1.29 bits per heavy atom. The third-order valence-corrected chi connectivity index (χ3v) is 4.22. The van der Waals surface area contributed by atoms with Gasteiger partial charge in [0.2, 0.25) is 0 Å². The average Bonchev–Trinajstić information content (AvgIpc) is 2.97. The molecule has 1 saturated heterocycles. The molecule has 0 bridgehead atoms. The van der Waals surface area contributed by atoms with Crippen molar-refractivity contribution in [3.8, 4) is 5.75 Å². The van der Waals surface area contributed by atoms with Crippen molar-refractivity contribution >= 4 is 11.5 Å². The predicted octanol–water partition coefficient (Wildman–Crippen LogP) is 2.22. The van der Waals surface area contributed by atoms with Crippen LogP contribution in [-0.2, 0) is 14.3 Å². The van der Waals surface area contributed by atoms with Crippen LogP contribution in [0.2, 0.25) is 0 Å². The Hall–Kier alpha value is -1.59. The monoisotopic (exact) mass is 291 g/mol.